The lowest BCUT2D eigenvalue weighted by molar-refractivity contribution is 0.299. The van der Waals surface area contributed by atoms with Crippen molar-refractivity contribution in [2.24, 2.45) is 5.73 Å². The summed E-state index contributed by atoms with van der Waals surface area (Å²) in [6.45, 7) is 10.4. The van der Waals surface area contributed by atoms with Crippen LogP contribution in [-0.4, -0.2) is 18.9 Å². The third-order valence-corrected chi connectivity index (χ3v) is 5.22. The summed E-state index contributed by atoms with van der Waals surface area (Å²) in [4.78, 5) is 0. The Morgan fingerprint density at radius 3 is 1.96 bits per heavy atom. The van der Waals surface area contributed by atoms with Crippen molar-refractivity contribution in [3.63, 3.8) is 0 Å². The second kappa shape index (κ2) is 16.5. The molecule has 0 aliphatic heterocycles. The zero-order valence-electron chi connectivity index (χ0n) is 17.8. The molecule has 0 aromatic heterocycles. The quantitative estimate of drug-likeness (QED) is 0.131. The fourth-order valence-corrected chi connectivity index (χ4v) is 3.34. The molecule has 0 saturated carbocycles. The number of thiol groups is 1. The largest absolute Gasteiger partial charge is 0.497 e. The van der Waals surface area contributed by atoms with E-state index in [0.29, 0.717) is 0 Å². The smallest absolute Gasteiger partial charge is 0.114 e. The van der Waals surface area contributed by atoms with Gasteiger partial charge in [0.05, 0.1) is 7.11 Å². The van der Waals surface area contributed by atoms with E-state index in [-0.39, 0.29) is 6.04 Å². The van der Waals surface area contributed by atoms with Crippen LogP contribution in [0.4, 0.5) is 0 Å². The second-order valence-corrected chi connectivity index (χ2v) is 8.04. The highest BCUT2D eigenvalue weighted by atomic mass is 32.1. The first kappa shape index (κ1) is 25.3. The van der Waals surface area contributed by atoms with E-state index < -0.39 is 0 Å². The van der Waals surface area contributed by atoms with Crippen LogP contribution in [0.2, 0.25) is 0 Å². The molecule has 0 fully saturated rings. The monoisotopic (exact) mass is 381 g/mol. The summed E-state index contributed by atoms with van der Waals surface area (Å²) in [5.74, 6) is 1.82. The normalized spacial score (nSPS) is 14.2. The number of hydrogen-bond acceptors (Lipinski definition) is 3. The Kier molecular flexibility index (Phi) is 16.1. The van der Waals surface area contributed by atoms with E-state index in [0.717, 1.165) is 24.4 Å². The van der Waals surface area contributed by atoms with Gasteiger partial charge in [0.25, 0.3) is 0 Å². The molecule has 2 nitrogen and oxygen atoms in total. The lowest BCUT2D eigenvalue weighted by Gasteiger charge is -2.13. The molecule has 0 saturated heterocycles. The fourth-order valence-electron chi connectivity index (χ4n) is 3.12. The number of hydrogen-bond donors (Lipinski definition) is 2. The molecule has 1 atom stereocenters. The van der Waals surface area contributed by atoms with Gasteiger partial charge in [-0.3, -0.25) is 0 Å². The van der Waals surface area contributed by atoms with Crippen LogP contribution >= 0.6 is 12.6 Å². The molecule has 1 unspecified atom stereocenters. The van der Waals surface area contributed by atoms with Crippen LogP contribution < -0.4 is 5.73 Å². The van der Waals surface area contributed by atoms with Gasteiger partial charge < -0.3 is 10.5 Å². The highest BCUT2D eigenvalue weighted by Gasteiger charge is 2.06. The maximum absolute atomic E-state index is 5.92. The van der Waals surface area contributed by atoms with Gasteiger partial charge in [0.15, 0.2) is 0 Å². The third kappa shape index (κ3) is 13.5. The Balaban J connectivity index is 4.24. The van der Waals surface area contributed by atoms with Crippen molar-refractivity contribution in [3.05, 3.63) is 35.1 Å². The van der Waals surface area contributed by atoms with E-state index in [4.69, 9.17) is 10.5 Å². The van der Waals surface area contributed by atoms with Crippen LogP contribution in [0.1, 0.15) is 91.4 Å². The molecule has 0 rings (SSSR count). The lowest BCUT2D eigenvalue weighted by atomic mass is 9.98. The zero-order valence-corrected chi connectivity index (χ0v) is 18.7. The highest BCUT2D eigenvalue weighted by Crippen LogP contribution is 2.22. The summed E-state index contributed by atoms with van der Waals surface area (Å²) in [7, 11) is 1.71. The fraction of sp³-hybridized carbons (Fsp3) is 0.739. The Hall–Kier alpha value is -0.670. The van der Waals surface area contributed by atoms with Crippen molar-refractivity contribution >= 4 is 12.6 Å². The summed E-state index contributed by atoms with van der Waals surface area (Å²) in [6.07, 6.45) is 16.1. The van der Waals surface area contributed by atoms with Gasteiger partial charge in [-0.05, 0) is 57.8 Å². The number of unbranched alkanes of at least 4 members (excludes halogenated alkanes) is 8. The van der Waals surface area contributed by atoms with Crippen molar-refractivity contribution in [1.82, 2.24) is 0 Å². The maximum atomic E-state index is 5.92. The first-order chi connectivity index (χ1) is 12.4. The second-order valence-electron chi connectivity index (χ2n) is 7.60. The Labute approximate surface area is 168 Å². The predicted octanol–water partition coefficient (Wildman–Crippen LogP) is 6.98. The Morgan fingerprint density at radius 1 is 1.00 bits per heavy atom. The van der Waals surface area contributed by atoms with Gasteiger partial charge in [0.2, 0.25) is 0 Å². The summed E-state index contributed by atoms with van der Waals surface area (Å²) in [5.41, 5.74) is 9.78. The van der Waals surface area contributed by atoms with Gasteiger partial charge in [-0.15, -0.1) is 0 Å². The first-order valence-electron chi connectivity index (χ1n) is 10.4. The van der Waals surface area contributed by atoms with Crippen LogP contribution in [-0.2, 0) is 4.74 Å². The molecule has 2 N–H and O–H groups in total. The minimum absolute atomic E-state index is 0.199. The van der Waals surface area contributed by atoms with Crippen molar-refractivity contribution < 1.29 is 4.74 Å². The lowest BCUT2D eigenvalue weighted by Crippen LogP contribution is -2.15. The van der Waals surface area contributed by atoms with E-state index >= 15 is 0 Å². The van der Waals surface area contributed by atoms with Crippen LogP contribution in [0.5, 0.6) is 0 Å². The molecule has 26 heavy (non-hydrogen) atoms. The molecule has 0 heterocycles. The van der Waals surface area contributed by atoms with Gasteiger partial charge in [0, 0.05) is 6.04 Å². The van der Waals surface area contributed by atoms with Crippen molar-refractivity contribution in [3.8, 4) is 0 Å². The molecular formula is C23H43NOS. The van der Waals surface area contributed by atoms with E-state index in [2.05, 4.69) is 46.1 Å². The maximum Gasteiger partial charge on any atom is 0.114 e. The molecule has 3 heteroatoms. The SMILES string of the molecule is C=C(OC)/C(=C\C(C)=C(/C)CC(C)N)CCCCCCCCCCCS. The van der Waals surface area contributed by atoms with Gasteiger partial charge >= 0.3 is 0 Å². The van der Waals surface area contributed by atoms with Crippen molar-refractivity contribution in [2.75, 3.05) is 12.9 Å². The molecular weight excluding hydrogens is 338 g/mol. The molecule has 0 aromatic rings. The Morgan fingerprint density at radius 2 is 1.50 bits per heavy atom. The third-order valence-electron chi connectivity index (χ3n) is 4.90. The Bertz CT molecular complexity index is 437. The van der Waals surface area contributed by atoms with Gasteiger partial charge in [0.1, 0.15) is 5.76 Å². The summed E-state index contributed by atoms with van der Waals surface area (Å²) in [6, 6.07) is 0.199. The van der Waals surface area contributed by atoms with Crippen LogP contribution in [0.3, 0.4) is 0 Å². The number of methoxy groups -OCH3 is 1. The first-order valence-corrected chi connectivity index (χ1v) is 11.0. The van der Waals surface area contributed by atoms with Crippen molar-refractivity contribution in [2.45, 2.75) is 97.4 Å². The average Bonchev–Trinajstić information content (AvgIpc) is 2.60. The van der Waals surface area contributed by atoms with Crippen LogP contribution in [0.25, 0.3) is 0 Å². The molecule has 152 valence electrons. The van der Waals surface area contributed by atoms with Gasteiger partial charge in [-0.1, -0.05) is 68.7 Å². The molecule has 0 bridgehead atoms. The minimum Gasteiger partial charge on any atom is -0.497 e. The van der Waals surface area contributed by atoms with Crippen LogP contribution in [0, 0.1) is 0 Å². The molecule has 0 spiro atoms. The van der Waals surface area contributed by atoms with E-state index in [1.807, 2.05) is 0 Å². The van der Waals surface area contributed by atoms with E-state index in [1.54, 1.807) is 7.11 Å². The molecule has 0 amide bonds. The standard InChI is InChI=1S/C23H43NOS/c1-19(17-21(3)24)20(2)18-23(22(4)25-5)15-13-11-9-7-6-8-10-12-14-16-26/h18,21,26H,4,6-17,24H2,1-3,5H3/b20-19+,23-18-. The average molecular weight is 382 g/mol. The summed E-state index contributed by atoms with van der Waals surface area (Å²) >= 11 is 4.26. The number of ether oxygens (including phenoxy) is 1. The summed E-state index contributed by atoms with van der Waals surface area (Å²) in [5, 5.41) is 0. The number of allylic oxidation sites excluding steroid dienone is 3. The summed E-state index contributed by atoms with van der Waals surface area (Å²) < 4.78 is 5.40. The molecule has 0 aliphatic carbocycles. The number of nitrogens with two attached hydrogens (primary N) is 1. The van der Waals surface area contributed by atoms with Gasteiger partial charge in [-0.25, -0.2) is 0 Å². The minimum atomic E-state index is 0.199. The molecule has 0 aromatic carbocycles. The van der Waals surface area contributed by atoms with Crippen LogP contribution in [0.15, 0.2) is 35.1 Å². The van der Waals surface area contributed by atoms with E-state index in [9.17, 15) is 0 Å². The van der Waals surface area contributed by atoms with Crippen molar-refractivity contribution in [1.29, 1.82) is 0 Å². The molecule has 0 radical (unpaired) electrons. The van der Waals surface area contributed by atoms with Gasteiger partial charge in [-0.2, -0.15) is 12.6 Å². The molecule has 0 aliphatic rings. The predicted molar refractivity (Wildman–Crippen MR) is 121 cm³/mol. The highest BCUT2D eigenvalue weighted by molar-refractivity contribution is 7.80. The number of rotatable bonds is 16. The van der Waals surface area contributed by atoms with E-state index in [1.165, 1.54) is 74.5 Å². The zero-order chi connectivity index (χ0) is 19.8. The topological polar surface area (TPSA) is 35.2 Å².